The summed E-state index contributed by atoms with van der Waals surface area (Å²) in [6.45, 7) is 1.59. The second-order valence-corrected chi connectivity index (χ2v) is 5.90. The Hall–Kier alpha value is -2.20. The molecule has 0 saturated heterocycles. The average Bonchev–Trinajstić information content (AvgIpc) is 2.56. The molecular weight excluding hydrogens is 314 g/mol. The molecule has 0 aliphatic carbocycles. The average molecular weight is 332 g/mol. The molecule has 2 aromatic carbocycles. The van der Waals surface area contributed by atoms with Gasteiger partial charge in [-0.15, -0.1) is 0 Å². The maximum absolute atomic E-state index is 12.4. The van der Waals surface area contributed by atoms with Crippen molar-refractivity contribution in [3.8, 4) is 11.5 Å². The van der Waals surface area contributed by atoms with Crippen LogP contribution in [0, 0.1) is 0 Å². The van der Waals surface area contributed by atoms with Gasteiger partial charge in [-0.2, -0.15) is 0 Å². The number of rotatable bonds is 4. The van der Waals surface area contributed by atoms with Crippen LogP contribution in [0.3, 0.4) is 0 Å². The van der Waals surface area contributed by atoms with Crippen LogP contribution in [0.1, 0.15) is 11.1 Å². The van der Waals surface area contributed by atoms with E-state index in [9.17, 15) is 4.79 Å². The number of hydrogen-bond donors (Lipinski definition) is 0. The normalized spacial score (nSPS) is 12.8. The van der Waals surface area contributed by atoms with Crippen LogP contribution in [0.5, 0.6) is 11.5 Å². The molecule has 23 heavy (non-hydrogen) atoms. The van der Waals surface area contributed by atoms with Gasteiger partial charge in [-0.25, -0.2) is 0 Å². The van der Waals surface area contributed by atoms with Crippen LogP contribution in [0.15, 0.2) is 42.5 Å². The zero-order valence-corrected chi connectivity index (χ0v) is 13.7. The third-order valence-corrected chi connectivity index (χ3v) is 4.12. The highest BCUT2D eigenvalue weighted by atomic mass is 35.5. The van der Waals surface area contributed by atoms with Crippen molar-refractivity contribution >= 4 is 17.5 Å². The van der Waals surface area contributed by atoms with Gasteiger partial charge >= 0.3 is 0 Å². The SMILES string of the molecule is CN(Cc1ccccc1Cl)C(=O)Cc1ccc2c(c1)OCCO2. The number of amides is 1. The summed E-state index contributed by atoms with van der Waals surface area (Å²) in [6.07, 6.45) is 0.317. The first-order valence-electron chi connectivity index (χ1n) is 7.49. The fourth-order valence-corrected chi connectivity index (χ4v) is 2.67. The monoisotopic (exact) mass is 331 g/mol. The molecule has 0 bridgehead atoms. The van der Waals surface area contributed by atoms with E-state index in [2.05, 4.69) is 0 Å². The lowest BCUT2D eigenvalue weighted by molar-refractivity contribution is -0.129. The van der Waals surface area contributed by atoms with Crippen molar-refractivity contribution in [1.29, 1.82) is 0 Å². The molecule has 0 N–H and O–H groups in total. The smallest absolute Gasteiger partial charge is 0.227 e. The molecule has 4 nitrogen and oxygen atoms in total. The molecule has 1 amide bonds. The van der Waals surface area contributed by atoms with E-state index in [0.717, 1.165) is 16.9 Å². The Labute approximate surface area is 140 Å². The Bertz CT molecular complexity index is 717. The number of likely N-dealkylation sites (N-methyl/N-ethyl adjacent to an activating group) is 1. The van der Waals surface area contributed by atoms with Gasteiger partial charge in [-0.1, -0.05) is 35.9 Å². The van der Waals surface area contributed by atoms with E-state index in [4.69, 9.17) is 21.1 Å². The van der Waals surface area contributed by atoms with Gasteiger partial charge in [-0.3, -0.25) is 4.79 Å². The standard InChI is InChI=1S/C18H18ClNO3/c1-20(12-14-4-2-3-5-15(14)19)18(21)11-13-6-7-16-17(10-13)23-9-8-22-16/h2-7,10H,8-9,11-12H2,1H3. The third-order valence-electron chi connectivity index (χ3n) is 3.75. The first-order chi connectivity index (χ1) is 11.1. The summed E-state index contributed by atoms with van der Waals surface area (Å²) in [6, 6.07) is 13.2. The summed E-state index contributed by atoms with van der Waals surface area (Å²) in [5.74, 6) is 1.47. The molecule has 2 aromatic rings. The van der Waals surface area contributed by atoms with Gasteiger partial charge < -0.3 is 14.4 Å². The molecule has 0 saturated carbocycles. The van der Waals surface area contributed by atoms with Gasteiger partial charge in [0, 0.05) is 18.6 Å². The highest BCUT2D eigenvalue weighted by molar-refractivity contribution is 6.31. The Morgan fingerprint density at radius 2 is 1.87 bits per heavy atom. The van der Waals surface area contributed by atoms with E-state index in [1.165, 1.54) is 0 Å². The Morgan fingerprint density at radius 3 is 2.65 bits per heavy atom. The van der Waals surface area contributed by atoms with Gasteiger partial charge in [0.1, 0.15) is 13.2 Å². The van der Waals surface area contributed by atoms with Gasteiger partial charge in [-0.05, 0) is 29.3 Å². The highest BCUT2D eigenvalue weighted by Crippen LogP contribution is 2.31. The number of ether oxygens (including phenoxy) is 2. The zero-order valence-electron chi connectivity index (χ0n) is 12.9. The molecule has 0 atom stereocenters. The van der Waals surface area contributed by atoms with Gasteiger partial charge in [0.25, 0.3) is 0 Å². The predicted molar refractivity (Wildman–Crippen MR) is 89.1 cm³/mol. The fraction of sp³-hybridized carbons (Fsp3) is 0.278. The number of halogens is 1. The first kappa shape index (κ1) is 15.7. The lowest BCUT2D eigenvalue weighted by Crippen LogP contribution is -2.28. The minimum Gasteiger partial charge on any atom is -0.486 e. The van der Waals surface area contributed by atoms with Crippen molar-refractivity contribution in [1.82, 2.24) is 4.90 Å². The maximum Gasteiger partial charge on any atom is 0.227 e. The van der Waals surface area contributed by atoms with Crippen molar-refractivity contribution in [2.45, 2.75) is 13.0 Å². The lowest BCUT2D eigenvalue weighted by atomic mass is 10.1. The summed E-state index contributed by atoms with van der Waals surface area (Å²) in [5, 5.41) is 0.673. The van der Waals surface area contributed by atoms with Crippen LogP contribution in [-0.4, -0.2) is 31.1 Å². The van der Waals surface area contributed by atoms with Crippen LogP contribution in [-0.2, 0) is 17.8 Å². The molecule has 1 heterocycles. The maximum atomic E-state index is 12.4. The van der Waals surface area contributed by atoms with Crippen molar-refractivity contribution < 1.29 is 14.3 Å². The van der Waals surface area contributed by atoms with Crippen molar-refractivity contribution in [3.05, 3.63) is 58.6 Å². The van der Waals surface area contributed by atoms with Gasteiger partial charge in [0.05, 0.1) is 6.42 Å². The predicted octanol–water partition coefficient (Wildman–Crippen LogP) is 3.31. The second-order valence-electron chi connectivity index (χ2n) is 5.50. The minimum absolute atomic E-state index is 0.0293. The molecule has 1 aliphatic rings. The molecule has 0 spiro atoms. The first-order valence-corrected chi connectivity index (χ1v) is 7.87. The molecule has 0 fully saturated rings. The zero-order chi connectivity index (χ0) is 16.2. The largest absolute Gasteiger partial charge is 0.486 e. The minimum atomic E-state index is 0.0293. The lowest BCUT2D eigenvalue weighted by Gasteiger charge is -2.20. The van der Waals surface area contributed by atoms with E-state index >= 15 is 0 Å². The topological polar surface area (TPSA) is 38.8 Å². The summed E-state index contributed by atoms with van der Waals surface area (Å²) in [5.41, 5.74) is 1.84. The summed E-state index contributed by atoms with van der Waals surface area (Å²) < 4.78 is 11.0. The molecule has 3 rings (SSSR count). The van der Waals surface area contributed by atoms with Gasteiger partial charge in [0.2, 0.25) is 5.91 Å². The van der Waals surface area contributed by atoms with Crippen LogP contribution >= 0.6 is 11.6 Å². The van der Waals surface area contributed by atoms with E-state index < -0.39 is 0 Å². The quantitative estimate of drug-likeness (QED) is 0.862. The third kappa shape index (κ3) is 3.77. The number of carbonyl (C=O) groups is 1. The molecule has 0 radical (unpaired) electrons. The number of hydrogen-bond acceptors (Lipinski definition) is 3. The Morgan fingerprint density at radius 1 is 1.13 bits per heavy atom. The molecule has 0 aromatic heterocycles. The highest BCUT2D eigenvalue weighted by Gasteiger charge is 2.15. The molecule has 120 valence electrons. The molecule has 0 unspecified atom stereocenters. The second kappa shape index (κ2) is 6.92. The van der Waals surface area contributed by atoms with Crippen molar-refractivity contribution in [2.75, 3.05) is 20.3 Å². The molecule has 5 heteroatoms. The number of carbonyl (C=O) groups excluding carboxylic acids is 1. The summed E-state index contributed by atoms with van der Waals surface area (Å²) >= 11 is 6.14. The molecular formula is C18H18ClNO3. The van der Waals surface area contributed by atoms with E-state index in [-0.39, 0.29) is 5.91 Å². The Balaban J connectivity index is 1.65. The van der Waals surface area contributed by atoms with Crippen molar-refractivity contribution in [3.63, 3.8) is 0 Å². The van der Waals surface area contributed by atoms with Crippen molar-refractivity contribution in [2.24, 2.45) is 0 Å². The summed E-state index contributed by atoms with van der Waals surface area (Å²) in [4.78, 5) is 14.1. The Kier molecular flexibility index (Phi) is 4.72. The van der Waals surface area contributed by atoms with Crippen LogP contribution in [0.4, 0.5) is 0 Å². The number of nitrogens with zero attached hydrogens (tertiary/aromatic N) is 1. The van der Waals surface area contributed by atoms with E-state index in [1.54, 1.807) is 11.9 Å². The summed E-state index contributed by atoms with van der Waals surface area (Å²) in [7, 11) is 1.78. The molecule has 1 aliphatic heterocycles. The van der Waals surface area contributed by atoms with E-state index in [0.29, 0.717) is 37.0 Å². The van der Waals surface area contributed by atoms with Crippen LogP contribution in [0.2, 0.25) is 5.02 Å². The number of benzene rings is 2. The van der Waals surface area contributed by atoms with Crippen LogP contribution < -0.4 is 9.47 Å². The fourth-order valence-electron chi connectivity index (χ4n) is 2.48. The van der Waals surface area contributed by atoms with Gasteiger partial charge in [0.15, 0.2) is 11.5 Å². The number of fused-ring (bicyclic) bond motifs is 1. The van der Waals surface area contributed by atoms with Crippen LogP contribution in [0.25, 0.3) is 0 Å². The van der Waals surface area contributed by atoms with E-state index in [1.807, 2.05) is 42.5 Å².